The summed E-state index contributed by atoms with van der Waals surface area (Å²) in [6, 6.07) is 18.3. The van der Waals surface area contributed by atoms with Gasteiger partial charge in [-0.2, -0.15) is 10.2 Å². The van der Waals surface area contributed by atoms with Gasteiger partial charge in [0.05, 0.1) is 24.5 Å². The monoisotopic (exact) mass is 476 g/mol. The standard InChI is InChI=1S/C30H32N6/c1-4-22-19-23(5-2)26(21-36-18-14-30(34-36)28-12-8-10-16-32-28)24(6-3)25(22)20-35-17-13-29(33-35)27-11-7-9-15-31-27/h7-19H,4-6,20-21H2,1-3H3. The van der Waals surface area contributed by atoms with Gasteiger partial charge < -0.3 is 0 Å². The van der Waals surface area contributed by atoms with Crippen LogP contribution in [-0.2, 0) is 32.4 Å². The largest absolute Gasteiger partial charge is 0.268 e. The maximum absolute atomic E-state index is 4.85. The summed E-state index contributed by atoms with van der Waals surface area (Å²) in [4.78, 5) is 8.91. The highest BCUT2D eigenvalue weighted by Gasteiger charge is 2.18. The fourth-order valence-corrected chi connectivity index (χ4v) is 4.93. The van der Waals surface area contributed by atoms with Gasteiger partial charge in [-0.3, -0.25) is 19.3 Å². The van der Waals surface area contributed by atoms with Gasteiger partial charge in [-0.15, -0.1) is 0 Å². The van der Waals surface area contributed by atoms with Crippen molar-refractivity contribution in [3.8, 4) is 22.8 Å². The minimum atomic E-state index is 0.745. The Labute approximate surface area is 212 Å². The van der Waals surface area contributed by atoms with Crippen LogP contribution in [0.1, 0.15) is 48.6 Å². The maximum Gasteiger partial charge on any atom is 0.111 e. The highest BCUT2D eigenvalue weighted by atomic mass is 15.3. The molecule has 0 aliphatic carbocycles. The van der Waals surface area contributed by atoms with Crippen molar-refractivity contribution < 1.29 is 0 Å². The SMILES string of the molecule is CCc1cc(CC)c(Cn2ccc(-c3ccccn3)n2)c(CC)c1Cn1ccc(-c2ccccn2)n1. The van der Waals surface area contributed by atoms with E-state index in [2.05, 4.69) is 49.2 Å². The molecule has 0 bridgehead atoms. The predicted octanol–water partition coefficient (Wildman–Crippen LogP) is 5.99. The van der Waals surface area contributed by atoms with E-state index in [0.717, 1.165) is 55.1 Å². The number of aromatic nitrogens is 6. The van der Waals surface area contributed by atoms with Gasteiger partial charge in [0, 0.05) is 24.8 Å². The third-order valence-corrected chi connectivity index (χ3v) is 6.74. The molecule has 0 aliphatic rings. The first-order valence-corrected chi connectivity index (χ1v) is 12.7. The van der Waals surface area contributed by atoms with Crippen molar-refractivity contribution in [3.05, 3.63) is 107 Å². The molecule has 6 nitrogen and oxygen atoms in total. The Morgan fingerprint density at radius 3 is 1.44 bits per heavy atom. The molecule has 0 spiro atoms. The first-order chi connectivity index (χ1) is 17.7. The van der Waals surface area contributed by atoms with Crippen molar-refractivity contribution in [2.75, 3.05) is 0 Å². The lowest BCUT2D eigenvalue weighted by Gasteiger charge is -2.21. The number of rotatable bonds is 9. The lowest BCUT2D eigenvalue weighted by atomic mass is 9.88. The van der Waals surface area contributed by atoms with Crippen LogP contribution in [0.2, 0.25) is 0 Å². The Morgan fingerprint density at radius 1 is 0.556 bits per heavy atom. The molecule has 0 saturated carbocycles. The van der Waals surface area contributed by atoms with Crippen LogP contribution in [0.15, 0.2) is 79.4 Å². The second-order valence-corrected chi connectivity index (χ2v) is 8.92. The molecule has 4 aromatic heterocycles. The van der Waals surface area contributed by atoms with E-state index >= 15 is 0 Å². The molecule has 0 unspecified atom stereocenters. The topological polar surface area (TPSA) is 61.4 Å². The van der Waals surface area contributed by atoms with Gasteiger partial charge in [-0.1, -0.05) is 39.0 Å². The van der Waals surface area contributed by atoms with Crippen LogP contribution in [0.5, 0.6) is 0 Å². The molecule has 4 heterocycles. The highest BCUT2D eigenvalue weighted by Crippen LogP contribution is 2.28. The summed E-state index contributed by atoms with van der Waals surface area (Å²) in [7, 11) is 0. The number of aryl methyl sites for hydroxylation is 2. The zero-order chi connectivity index (χ0) is 24.9. The van der Waals surface area contributed by atoms with Crippen LogP contribution in [0.25, 0.3) is 22.8 Å². The van der Waals surface area contributed by atoms with Gasteiger partial charge >= 0.3 is 0 Å². The van der Waals surface area contributed by atoms with Crippen LogP contribution in [0.4, 0.5) is 0 Å². The van der Waals surface area contributed by atoms with Gasteiger partial charge in [0.1, 0.15) is 11.4 Å². The zero-order valence-corrected chi connectivity index (χ0v) is 21.2. The van der Waals surface area contributed by atoms with Crippen molar-refractivity contribution in [2.45, 2.75) is 53.1 Å². The minimum absolute atomic E-state index is 0.745. The molecule has 0 aliphatic heterocycles. The van der Waals surface area contributed by atoms with Crippen molar-refractivity contribution in [1.29, 1.82) is 0 Å². The molecule has 0 radical (unpaired) electrons. The van der Waals surface area contributed by atoms with E-state index in [1.165, 1.54) is 27.8 Å². The zero-order valence-electron chi connectivity index (χ0n) is 21.2. The number of hydrogen-bond acceptors (Lipinski definition) is 4. The average Bonchev–Trinajstić information content (AvgIpc) is 3.60. The van der Waals surface area contributed by atoms with Crippen LogP contribution >= 0.6 is 0 Å². The summed E-state index contributed by atoms with van der Waals surface area (Å²) in [6.07, 6.45) is 10.7. The van der Waals surface area contributed by atoms with Crippen LogP contribution < -0.4 is 0 Å². The molecule has 6 heteroatoms. The molecular weight excluding hydrogens is 444 g/mol. The molecule has 0 fully saturated rings. The van der Waals surface area contributed by atoms with Crippen LogP contribution in [0, 0.1) is 0 Å². The minimum Gasteiger partial charge on any atom is -0.268 e. The predicted molar refractivity (Wildman–Crippen MR) is 144 cm³/mol. The summed E-state index contributed by atoms with van der Waals surface area (Å²) >= 11 is 0. The molecule has 5 aromatic rings. The Bertz CT molecular complexity index is 1330. The normalized spacial score (nSPS) is 11.2. The second kappa shape index (κ2) is 10.7. The summed E-state index contributed by atoms with van der Waals surface area (Å²) in [5.74, 6) is 0. The van der Waals surface area contributed by atoms with Crippen molar-refractivity contribution in [3.63, 3.8) is 0 Å². The molecule has 36 heavy (non-hydrogen) atoms. The molecule has 5 rings (SSSR count). The van der Waals surface area contributed by atoms with E-state index < -0.39 is 0 Å². The first kappa shape index (κ1) is 23.7. The number of pyridine rings is 2. The number of benzene rings is 1. The van der Waals surface area contributed by atoms with Crippen LogP contribution in [-0.4, -0.2) is 29.5 Å². The maximum atomic E-state index is 4.85. The molecule has 0 amide bonds. The second-order valence-electron chi connectivity index (χ2n) is 8.92. The lowest BCUT2D eigenvalue weighted by Crippen LogP contribution is -2.14. The highest BCUT2D eigenvalue weighted by molar-refractivity contribution is 5.54. The van der Waals surface area contributed by atoms with E-state index in [1.54, 1.807) is 0 Å². The van der Waals surface area contributed by atoms with Gasteiger partial charge in [0.2, 0.25) is 0 Å². The Morgan fingerprint density at radius 2 is 1.06 bits per heavy atom. The Hall–Kier alpha value is -4.06. The van der Waals surface area contributed by atoms with E-state index in [1.807, 2.05) is 70.3 Å². The third-order valence-electron chi connectivity index (χ3n) is 6.74. The molecule has 1 aromatic carbocycles. The van der Waals surface area contributed by atoms with E-state index in [-0.39, 0.29) is 0 Å². The van der Waals surface area contributed by atoms with E-state index in [9.17, 15) is 0 Å². The summed E-state index contributed by atoms with van der Waals surface area (Å²) in [5.41, 5.74) is 10.6. The van der Waals surface area contributed by atoms with Gasteiger partial charge in [0.25, 0.3) is 0 Å². The van der Waals surface area contributed by atoms with E-state index in [4.69, 9.17) is 10.2 Å². The van der Waals surface area contributed by atoms with Gasteiger partial charge in [-0.25, -0.2) is 0 Å². The van der Waals surface area contributed by atoms with Crippen molar-refractivity contribution in [2.24, 2.45) is 0 Å². The van der Waals surface area contributed by atoms with Crippen molar-refractivity contribution in [1.82, 2.24) is 29.5 Å². The summed E-state index contributed by atoms with van der Waals surface area (Å²) < 4.78 is 4.08. The van der Waals surface area contributed by atoms with Crippen molar-refractivity contribution >= 4 is 0 Å². The number of nitrogens with zero attached hydrogens (tertiary/aromatic N) is 6. The first-order valence-electron chi connectivity index (χ1n) is 12.7. The van der Waals surface area contributed by atoms with Crippen LogP contribution in [0.3, 0.4) is 0 Å². The summed E-state index contributed by atoms with van der Waals surface area (Å²) in [6.45, 7) is 8.23. The Kier molecular flexibility index (Phi) is 7.03. The lowest BCUT2D eigenvalue weighted by molar-refractivity contribution is 0.657. The molecule has 0 N–H and O–H groups in total. The number of hydrogen-bond donors (Lipinski definition) is 0. The smallest absolute Gasteiger partial charge is 0.111 e. The molecule has 182 valence electrons. The molecule has 0 atom stereocenters. The average molecular weight is 477 g/mol. The van der Waals surface area contributed by atoms with E-state index in [0.29, 0.717) is 0 Å². The Balaban J connectivity index is 1.50. The fraction of sp³-hybridized carbons (Fsp3) is 0.267. The summed E-state index contributed by atoms with van der Waals surface area (Å²) in [5, 5.41) is 9.70. The quantitative estimate of drug-likeness (QED) is 0.262. The van der Waals surface area contributed by atoms with Gasteiger partial charge in [0.15, 0.2) is 0 Å². The van der Waals surface area contributed by atoms with Gasteiger partial charge in [-0.05, 0) is 83.5 Å². The fourth-order valence-electron chi connectivity index (χ4n) is 4.93. The third kappa shape index (κ3) is 4.85. The molecule has 0 saturated heterocycles. The molecular formula is C30H32N6.